The van der Waals surface area contributed by atoms with Gasteiger partial charge in [-0.3, -0.25) is 0 Å². The predicted molar refractivity (Wildman–Crippen MR) is 67.5 cm³/mol. The summed E-state index contributed by atoms with van der Waals surface area (Å²) in [5.41, 5.74) is 0.926. The van der Waals surface area contributed by atoms with Crippen LogP contribution in [0, 0.1) is 0 Å². The van der Waals surface area contributed by atoms with Crippen molar-refractivity contribution in [2.75, 3.05) is 0 Å². The first-order valence-electron chi connectivity index (χ1n) is 6.53. The van der Waals surface area contributed by atoms with E-state index in [0.29, 0.717) is 5.92 Å². The molecule has 1 aliphatic carbocycles. The Balaban J connectivity index is 1.80. The molecule has 1 aliphatic rings. The van der Waals surface area contributed by atoms with Crippen LogP contribution in [-0.4, -0.2) is 10.7 Å². The van der Waals surface area contributed by atoms with Crippen molar-refractivity contribution in [3.63, 3.8) is 0 Å². The lowest BCUT2D eigenvalue weighted by Crippen LogP contribution is -2.09. The Labute approximate surface area is 98.5 Å². The summed E-state index contributed by atoms with van der Waals surface area (Å²) in [4.78, 5) is 0. The van der Waals surface area contributed by atoms with Crippen LogP contribution in [0.5, 0.6) is 0 Å². The van der Waals surface area contributed by atoms with Crippen molar-refractivity contribution in [3.05, 3.63) is 35.9 Å². The van der Waals surface area contributed by atoms with Crippen LogP contribution >= 0.6 is 0 Å². The average Bonchev–Trinajstić information content (AvgIpc) is 2.99. The van der Waals surface area contributed by atoms with E-state index in [9.17, 15) is 5.11 Å². The third-order valence-electron chi connectivity index (χ3n) is 3.71. The van der Waals surface area contributed by atoms with Gasteiger partial charge >= 0.3 is 0 Å². The summed E-state index contributed by atoms with van der Waals surface area (Å²) >= 11 is 0. The third kappa shape index (κ3) is 2.65. The van der Waals surface area contributed by atoms with E-state index in [1.807, 2.05) is 6.07 Å². The number of rotatable bonds is 6. The van der Waals surface area contributed by atoms with Crippen LogP contribution in [0.15, 0.2) is 30.3 Å². The van der Waals surface area contributed by atoms with Crippen molar-refractivity contribution in [2.45, 2.75) is 57.0 Å². The summed E-state index contributed by atoms with van der Waals surface area (Å²) in [7, 11) is 0. The zero-order valence-electron chi connectivity index (χ0n) is 10.2. The van der Waals surface area contributed by atoms with Gasteiger partial charge in [0.2, 0.25) is 0 Å². The van der Waals surface area contributed by atoms with Crippen molar-refractivity contribution in [2.24, 2.45) is 0 Å². The van der Waals surface area contributed by atoms with Gasteiger partial charge in [0.25, 0.3) is 0 Å². The molecule has 0 amide bonds. The Hall–Kier alpha value is -0.820. The molecule has 2 rings (SSSR count). The number of hydrogen-bond donors (Lipinski definition) is 1. The van der Waals surface area contributed by atoms with Crippen molar-refractivity contribution in [1.82, 2.24) is 0 Å². The van der Waals surface area contributed by atoms with Crippen LogP contribution in [0.1, 0.15) is 56.9 Å². The summed E-state index contributed by atoms with van der Waals surface area (Å²) in [6.45, 7) is 2.22. The average molecular weight is 218 g/mol. The van der Waals surface area contributed by atoms with Crippen LogP contribution in [0.4, 0.5) is 0 Å². The molecule has 1 aromatic rings. The van der Waals surface area contributed by atoms with E-state index >= 15 is 0 Å². The maximum atomic E-state index is 10.3. The molecule has 1 saturated carbocycles. The summed E-state index contributed by atoms with van der Waals surface area (Å²) in [5, 5.41) is 10.3. The van der Waals surface area contributed by atoms with Gasteiger partial charge in [-0.25, -0.2) is 0 Å². The fourth-order valence-electron chi connectivity index (χ4n) is 2.54. The quantitative estimate of drug-likeness (QED) is 0.718. The molecule has 1 N–H and O–H groups in total. The third-order valence-corrected chi connectivity index (χ3v) is 3.71. The predicted octanol–water partition coefficient (Wildman–Crippen LogP) is 3.88. The normalized spacial score (nSPS) is 28.0. The minimum Gasteiger partial charge on any atom is -0.389 e. The van der Waals surface area contributed by atoms with Crippen molar-refractivity contribution >= 4 is 0 Å². The Morgan fingerprint density at radius 1 is 1.19 bits per heavy atom. The van der Waals surface area contributed by atoms with Crippen molar-refractivity contribution in [3.8, 4) is 0 Å². The zero-order valence-corrected chi connectivity index (χ0v) is 10.2. The summed E-state index contributed by atoms with van der Waals surface area (Å²) in [6.07, 6.45) is 6.94. The first kappa shape index (κ1) is 11.7. The van der Waals surface area contributed by atoms with Crippen LogP contribution in [0.25, 0.3) is 0 Å². The minimum absolute atomic E-state index is 0.380. The van der Waals surface area contributed by atoms with Gasteiger partial charge in [0.15, 0.2) is 0 Å². The van der Waals surface area contributed by atoms with E-state index in [2.05, 4.69) is 31.2 Å². The lowest BCUT2D eigenvalue weighted by molar-refractivity contribution is 0.129. The second-order valence-electron chi connectivity index (χ2n) is 5.08. The van der Waals surface area contributed by atoms with Gasteiger partial charge in [0, 0.05) is 5.92 Å². The molecule has 1 fully saturated rings. The van der Waals surface area contributed by atoms with Gasteiger partial charge in [-0.15, -0.1) is 0 Å². The highest BCUT2D eigenvalue weighted by Gasteiger charge is 2.52. The molecule has 88 valence electrons. The molecule has 2 atom stereocenters. The Morgan fingerprint density at radius 2 is 1.94 bits per heavy atom. The van der Waals surface area contributed by atoms with Crippen LogP contribution < -0.4 is 0 Å². The zero-order chi connectivity index (χ0) is 11.4. The van der Waals surface area contributed by atoms with Gasteiger partial charge in [0.1, 0.15) is 0 Å². The molecule has 0 radical (unpaired) electrons. The van der Waals surface area contributed by atoms with Gasteiger partial charge in [-0.2, -0.15) is 0 Å². The Kier molecular flexibility index (Phi) is 3.65. The molecule has 0 heterocycles. The van der Waals surface area contributed by atoms with Gasteiger partial charge in [0.05, 0.1) is 5.60 Å². The monoisotopic (exact) mass is 218 g/mol. The molecule has 0 aromatic heterocycles. The van der Waals surface area contributed by atoms with Crippen LogP contribution in [-0.2, 0) is 0 Å². The molecule has 1 heteroatoms. The van der Waals surface area contributed by atoms with Crippen molar-refractivity contribution < 1.29 is 5.11 Å². The molecule has 2 unspecified atom stereocenters. The lowest BCUT2D eigenvalue weighted by atomic mass is 10.0. The standard InChI is InChI=1S/C15H22O/c1-2-3-4-8-11-15(16)12-14(15)13-9-6-5-7-10-13/h5-7,9-10,14,16H,2-4,8,11-12H2,1H3. The molecule has 0 aliphatic heterocycles. The molecular formula is C15H22O. The second-order valence-corrected chi connectivity index (χ2v) is 5.08. The molecule has 0 saturated heterocycles. The molecule has 1 aromatic carbocycles. The minimum atomic E-state index is -0.380. The summed E-state index contributed by atoms with van der Waals surface area (Å²) < 4.78 is 0. The first-order valence-corrected chi connectivity index (χ1v) is 6.53. The molecule has 0 spiro atoms. The van der Waals surface area contributed by atoms with Gasteiger partial charge in [-0.1, -0.05) is 62.9 Å². The number of benzene rings is 1. The van der Waals surface area contributed by atoms with Crippen molar-refractivity contribution in [1.29, 1.82) is 0 Å². The van der Waals surface area contributed by atoms with E-state index in [0.717, 1.165) is 12.8 Å². The molecule has 0 bridgehead atoms. The fraction of sp³-hybridized carbons (Fsp3) is 0.600. The summed E-state index contributed by atoms with van der Waals surface area (Å²) in [6, 6.07) is 10.4. The molecule has 1 nitrogen and oxygen atoms in total. The highest BCUT2D eigenvalue weighted by atomic mass is 16.3. The van der Waals surface area contributed by atoms with E-state index in [4.69, 9.17) is 0 Å². The van der Waals surface area contributed by atoms with Gasteiger partial charge < -0.3 is 5.11 Å². The fourth-order valence-corrected chi connectivity index (χ4v) is 2.54. The highest BCUT2D eigenvalue weighted by molar-refractivity contribution is 5.30. The Bertz CT molecular complexity index is 319. The Morgan fingerprint density at radius 3 is 2.62 bits per heavy atom. The van der Waals surface area contributed by atoms with Gasteiger partial charge in [-0.05, 0) is 18.4 Å². The van der Waals surface area contributed by atoms with Crippen LogP contribution in [0.3, 0.4) is 0 Å². The summed E-state index contributed by atoms with van der Waals surface area (Å²) in [5.74, 6) is 0.398. The number of hydrogen-bond acceptors (Lipinski definition) is 1. The maximum absolute atomic E-state index is 10.3. The van der Waals surface area contributed by atoms with Crippen LogP contribution in [0.2, 0.25) is 0 Å². The SMILES string of the molecule is CCCCCCC1(O)CC1c1ccccc1. The maximum Gasteiger partial charge on any atom is 0.0724 e. The highest BCUT2D eigenvalue weighted by Crippen LogP contribution is 2.54. The van der Waals surface area contributed by atoms with E-state index in [1.54, 1.807) is 0 Å². The second kappa shape index (κ2) is 5.01. The molecular weight excluding hydrogens is 196 g/mol. The van der Waals surface area contributed by atoms with E-state index in [1.165, 1.54) is 31.2 Å². The largest absolute Gasteiger partial charge is 0.389 e. The topological polar surface area (TPSA) is 20.2 Å². The molecule has 16 heavy (non-hydrogen) atoms. The first-order chi connectivity index (χ1) is 7.76. The number of aliphatic hydroxyl groups is 1. The number of unbranched alkanes of at least 4 members (excludes halogenated alkanes) is 3. The van der Waals surface area contributed by atoms with E-state index in [-0.39, 0.29) is 5.60 Å². The smallest absolute Gasteiger partial charge is 0.0724 e. The van der Waals surface area contributed by atoms with E-state index < -0.39 is 0 Å². The lowest BCUT2D eigenvalue weighted by Gasteiger charge is -2.10.